The van der Waals surface area contributed by atoms with Gasteiger partial charge in [0.25, 0.3) is 0 Å². The predicted octanol–water partition coefficient (Wildman–Crippen LogP) is 2.76. The van der Waals surface area contributed by atoms with Gasteiger partial charge >= 0.3 is 0 Å². The maximum Gasteiger partial charge on any atom is 0.150 e. The lowest BCUT2D eigenvalue weighted by Gasteiger charge is -2.09. The highest BCUT2D eigenvalue weighted by Crippen LogP contribution is 2.31. The number of carbonyl (C=O) groups is 1. The molecule has 0 unspecified atom stereocenters. The van der Waals surface area contributed by atoms with E-state index in [0.717, 1.165) is 23.2 Å². The van der Waals surface area contributed by atoms with Crippen LogP contribution in [0.2, 0.25) is 0 Å². The normalized spacial score (nSPS) is 9.94. The Labute approximate surface area is 99.8 Å². The predicted molar refractivity (Wildman–Crippen MR) is 68.2 cm³/mol. The smallest absolute Gasteiger partial charge is 0.150 e. The number of carbonyl (C=O) groups excluding carboxylic acids is 1. The van der Waals surface area contributed by atoms with E-state index in [0.29, 0.717) is 11.3 Å². The topological polar surface area (TPSA) is 52.3 Å². The molecule has 0 fully saturated rings. The molecule has 2 aromatic rings. The molecule has 0 aliphatic heterocycles. The monoisotopic (exact) mass is 227 g/mol. The Morgan fingerprint density at radius 1 is 1.12 bits per heavy atom. The molecule has 0 spiro atoms. The average molecular weight is 227 g/mol. The second-order valence-electron chi connectivity index (χ2n) is 3.70. The standard InChI is InChI=1S/C14H13NO2/c1-17-14-8-12(15)6-7-13(14)11-4-2-10(9-16)3-5-11/h2-9H,15H2,1H3. The number of benzene rings is 2. The minimum atomic E-state index is 0.656. The zero-order chi connectivity index (χ0) is 12.3. The molecule has 0 saturated heterocycles. The van der Waals surface area contributed by atoms with Gasteiger partial charge in [-0.2, -0.15) is 0 Å². The van der Waals surface area contributed by atoms with Crippen LogP contribution in [0.4, 0.5) is 5.69 Å². The van der Waals surface area contributed by atoms with E-state index < -0.39 is 0 Å². The number of nitrogens with two attached hydrogens (primary N) is 1. The highest BCUT2D eigenvalue weighted by atomic mass is 16.5. The summed E-state index contributed by atoms with van der Waals surface area (Å²) in [6.07, 6.45) is 0.823. The lowest BCUT2D eigenvalue weighted by atomic mass is 10.0. The van der Waals surface area contributed by atoms with Gasteiger partial charge in [0, 0.05) is 22.9 Å². The molecule has 17 heavy (non-hydrogen) atoms. The molecule has 0 amide bonds. The van der Waals surface area contributed by atoms with Gasteiger partial charge in [-0.1, -0.05) is 24.3 Å². The van der Waals surface area contributed by atoms with Gasteiger partial charge in [-0.05, 0) is 17.7 Å². The Balaban J connectivity index is 2.48. The SMILES string of the molecule is COc1cc(N)ccc1-c1ccc(C=O)cc1. The van der Waals surface area contributed by atoms with E-state index in [1.807, 2.05) is 24.3 Å². The number of anilines is 1. The zero-order valence-corrected chi connectivity index (χ0v) is 9.51. The van der Waals surface area contributed by atoms with Crippen LogP contribution in [0.1, 0.15) is 10.4 Å². The first-order chi connectivity index (χ1) is 8.24. The molecule has 2 aromatic carbocycles. The molecule has 2 N–H and O–H groups in total. The van der Waals surface area contributed by atoms with Crippen molar-refractivity contribution in [1.82, 2.24) is 0 Å². The summed E-state index contributed by atoms with van der Waals surface area (Å²) in [5.74, 6) is 0.726. The first-order valence-electron chi connectivity index (χ1n) is 5.23. The molecule has 0 bridgehead atoms. The summed E-state index contributed by atoms with van der Waals surface area (Å²) in [6.45, 7) is 0. The van der Waals surface area contributed by atoms with Crippen LogP contribution in [0, 0.1) is 0 Å². The van der Waals surface area contributed by atoms with E-state index in [-0.39, 0.29) is 0 Å². The largest absolute Gasteiger partial charge is 0.496 e. The van der Waals surface area contributed by atoms with E-state index in [1.165, 1.54) is 0 Å². The van der Waals surface area contributed by atoms with E-state index in [4.69, 9.17) is 10.5 Å². The van der Waals surface area contributed by atoms with Gasteiger partial charge in [-0.15, -0.1) is 0 Å². The lowest BCUT2D eigenvalue weighted by Crippen LogP contribution is -1.91. The van der Waals surface area contributed by atoms with Crippen molar-refractivity contribution < 1.29 is 9.53 Å². The summed E-state index contributed by atoms with van der Waals surface area (Å²) >= 11 is 0. The number of nitrogen functional groups attached to an aromatic ring is 1. The summed E-state index contributed by atoms with van der Waals surface area (Å²) in [5.41, 5.74) is 8.97. The minimum Gasteiger partial charge on any atom is -0.496 e. The number of aldehydes is 1. The van der Waals surface area contributed by atoms with Crippen molar-refractivity contribution in [1.29, 1.82) is 0 Å². The van der Waals surface area contributed by atoms with Gasteiger partial charge in [0.05, 0.1) is 7.11 Å². The number of hydrogen-bond donors (Lipinski definition) is 1. The summed E-state index contributed by atoms with van der Waals surface area (Å²) in [5, 5.41) is 0. The number of ether oxygens (including phenoxy) is 1. The van der Waals surface area contributed by atoms with Crippen LogP contribution in [0.15, 0.2) is 42.5 Å². The van der Waals surface area contributed by atoms with Crippen molar-refractivity contribution >= 4 is 12.0 Å². The molecule has 3 nitrogen and oxygen atoms in total. The van der Waals surface area contributed by atoms with Gasteiger partial charge in [-0.3, -0.25) is 4.79 Å². The maximum atomic E-state index is 10.6. The fraction of sp³-hybridized carbons (Fsp3) is 0.0714. The quantitative estimate of drug-likeness (QED) is 0.648. The minimum absolute atomic E-state index is 0.656. The molecule has 0 aliphatic carbocycles. The fourth-order valence-electron chi connectivity index (χ4n) is 1.69. The zero-order valence-electron chi connectivity index (χ0n) is 9.51. The van der Waals surface area contributed by atoms with E-state index in [9.17, 15) is 4.79 Å². The molecule has 0 aliphatic rings. The molecule has 0 atom stereocenters. The Hall–Kier alpha value is -2.29. The Kier molecular flexibility index (Phi) is 3.10. The molecular weight excluding hydrogens is 214 g/mol. The second kappa shape index (κ2) is 4.70. The molecule has 0 radical (unpaired) electrons. The number of hydrogen-bond acceptors (Lipinski definition) is 3. The van der Waals surface area contributed by atoms with Crippen molar-refractivity contribution in [3.8, 4) is 16.9 Å². The number of rotatable bonds is 3. The van der Waals surface area contributed by atoms with E-state index >= 15 is 0 Å². The number of methoxy groups -OCH3 is 1. The molecular formula is C14H13NO2. The summed E-state index contributed by atoms with van der Waals surface area (Å²) in [7, 11) is 1.61. The van der Waals surface area contributed by atoms with Crippen LogP contribution in [-0.4, -0.2) is 13.4 Å². The third-order valence-electron chi connectivity index (χ3n) is 2.58. The van der Waals surface area contributed by atoms with Crippen molar-refractivity contribution in [3.63, 3.8) is 0 Å². The first kappa shape index (κ1) is 11.2. The lowest BCUT2D eigenvalue weighted by molar-refractivity contribution is 0.112. The van der Waals surface area contributed by atoms with Gasteiger partial charge in [0.2, 0.25) is 0 Å². The van der Waals surface area contributed by atoms with E-state index in [1.54, 1.807) is 25.3 Å². The van der Waals surface area contributed by atoms with Crippen LogP contribution < -0.4 is 10.5 Å². The van der Waals surface area contributed by atoms with Crippen molar-refractivity contribution in [2.45, 2.75) is 0 Å². The van der Waals surface area contributed by atoms with Crippen molar-refractivity contribution in [3.05, 3.63) is 48.0 Å². The van der Waals surface area contributed by atoms with Gasteiger partial charge in [0.1, 0.15) is 12.0 Å². The van der Waals surface area contributed by atoms with Gasteiger partial charge in [-0.25, -0.2) is 0 Å². The van der Waals surface area contributed by atoms with Crippen LogP contribution in [0.3, 0.4) is 0 Å². The first-order valence-corrected chi connectivity index (χ1v) is 5.23. The third kappa shape index (κ3) is 2.28. The van der Waals surface area contributed by atoms with E-state index in [2.05, 4.69) is 0 Å². The van der Waals surface area contributed by atoms with Crippen LogP contribution in [-0.2, 0) is 0 Å². The molecule has 0 saturated carbocycles. The molecule has 0 aromatic heterocycles. The Morgan fingerprint density at radius 2 is 1.82 bits per heavy atom. The molecule has 2 rings (SSSR count). The third-order valence-corrected chi connectivity index (χ3v) is 2.58. The van der Waals surface area contributed by atoms with Gasteiger partial charge in [0.15, 0.2) is 0 Å². The van der Waals surface area contributed by atoms with Crippen LogP contribution in [0.25, 0.3) is 11.1 Å². The van der Waals surface area contributed by atoms with Crippen molar-refractivity contribution in [2.24, 2.45) is 0 Å². The average Bonchev–Trinajstić information content (AvgIpc) is 2.39. The molecule has 3 heteroatoms. The molecule has 0 heterocycles. The highest BCUT2D eigenvalue weighted by molar-refractivity contribution is 5.78. The fourth-order valence-corrected chi connectivity index (χ4v) is 1.69. The Bertz CT molecular complexity index is 532. The summed E-state index contributed by atoms with van der Waals surface area (Å²) in [6, 6.07) is 12.8. The maximum absolute atomic E-state index is 10.6. The summed E-state index contributed by atoms with van der Waals surface area (Å²) in [4.78, 5) is 10.6. The van der Waals surface area contributed by atoms with Crippen LogP contribution >= 0.6 is 0 Å². The highest BCUT2D eigenvalue weighted by Gasteiger charge is 2.05. The Morgan fingerprint density at radius 3 is 2.41 bits per heavy atom. The van der Waals surface area contributed by atoms with Gasteiger partial charge < -0.3 is 10.5 Å². The van der Waals surface area contributed by atoms with Crippen molar-refractivity contribution in [2.75, 3.05) is 12.8 Å². The summed E-state index contributed by atoms with van der Waals surface area (Å²) < 4.78 is 5.29. The second-order valence-corrected chi connectivity index (χ2v) is 3.70. The molecule has 86 valence electrons. The van der Waals surface area contributed by atoms with Crippen LogP contribution in [0.5, 0.6) is 5.75 Å².